The van der Waals surface area contributed by atoms with Crippen molar-refractivity contribution in [2.45, 2.75) is 19.8 Å². The highest BCUT2D eigenvalue weighted by molar-refractivity contribution is 7.92. The molecule has 0 bridgehead atoms. The molecular formula is C20H23Cl2N3O4S. The predicted octanol–water partition coefficient (Wildman–Crippen LogP) is 3.93. The zero-order valence-corrected chi connectivity index (χ0v) is 18.9. The van der Waals surface area contributed by atoms with Crippen LogP contribution in [0.25, 0.3) is 0 Å². The summed E-state index contributed by atoms with van der Waals surface area (Å²) in [7, 11) is -3.82. The fraction of sp³-hybridized carbons (Fsp3) is 0.300. The largest absolute Gasteiger partial charge is 0.352 e. The van der Waals surface area contributed by atoms with E-state index in [0.717, 1.165) is 23.4 Å². The van der Waals surface area contributed by atoms with Crippen LogP contribution in [-0.2, 0) is 14.8 Å². The molecule has 2 aromatic rings. The third-order valence-electron chi connectivity index (χ3n) is 4.13. The van der Waals surface area contributed by atoms with Gasteiger partial charge >= 0.3 is 0 Å². The van der Waals surface area contributed by atoms with Crippen molar-refractivity contribution in [1.29, 1.82) is 0 Å². The lowest BCUT2D eigenvalue weighted by Crippen LogP contribution is -2.38. The molecule has 2 aromatic carbocycles. The number of sulfonamides is 1. The van der Waals surface area contributed by atoms with E-state index in [2.05, 4.69) is 10.6 Å². The molecule has 0 atom stereocenters. The number of hydrogen-bond acceptors (Lipinski definition) is 4. The first-order valence-corrected chi connectivity index (χ1v) is 11.8. The summed E-state index contributed by atoms with van der Waals surface area (Å²) < 4.78 is 25.4. The molecule has 0 spiro atoms. The molecule has 0 aliphatic rings. The van der Waals surface area contributed by atoms with Gasteiger partial charge in [-0.15, -0.1) is 0 Å². The van der Waals surface area contributed by atoms with Gasteiger partial charge in [-0.25, -0.2) is 8.42 Å². The highest BCUT2D eigenvalue weighted by Gasteiger charge is 2.24. The summed E-state index contributed by atoms with van der Waals surface area (Å²) >= 11 is 12.0. The van der Waals surface area contributed by atoms with Gasteiger partial charge in [0, 0.05) is 11.6 Å². The lowest BCUT2D eigenvalue weighted by molar-refractivity contribution is -0.114. The van der Waals surface area contributed by atoms with Crippen molar-refractivity contribution in [1.82, 2.24) is 5.32 Å². The summed E-state index contributed by atoms with van der Waals surface area (Å²) in [6, 6.07) is 10.8. The molecule has 0 aliphatic heterocycles. The van der Waals surface area contributed by atoms with E-state index in [0.29, 0.717) is 11.6 Å². The van der Waals surface area contributed by atoms with Gasteiger partial charge in [-0.3, -0.25) is 13.9 Å². The van der Waals surface area contributed by atoms with Crippen molar-refractivity contribution in [3.63, 3.8) is 0 Å². The van der Waals surface area contributed by atoms with Gasteiger partial charge < -0.3 is 10.6 Å². The average Bonchev–Trinajstić information content (AvgIpc) is 2.66. The van der Waals surface area contributed by atoms with Crippen molar-refractivity contribution in [3.8, 4) is 0 Å². The van der Waals surface area contributed by atoms with Crippen LogP contribution in [0.1, 0.15) is 30.1 Å². The number of anilines is 2. The number of carbonyl (C=O) groups excluding carboxylic acids is 2. The number of rotatable bonds is 9. The van der Waals surface area contributed by atoms with Gasteiger partial charge in [0.1, 0.15) is 6.54 Å². The molecule has 2 N–H and O–H groups in total. The van der Waals surface area contributed by atoms with Crippen LogP contribution in [0.15, 0.2) is 42.5 Å². The van der Waals surface area contributed by atoms with E-state index < -0.39 is 22.5 Å². The van der Waals surface area contributed by atoms with Crippen molar-refractivity contribution in [2.75, 3.05) is 29.0 Å². The Morgan fingerprint density at radius 1 is 1.10 bits per heavy atom. The zero-order chi connectivity index (χ0) is 22.3. The molecule has 2 amide bonds. The quantitative estimate of drug-likeness (QED) is 0.541. The van der Waals surface area contributed by atoms with Crippen LogP contribution in [0.4, 0.5) is 11.4 Å². The molecule has 0 unspecified atom stereocenters. The monoisotopic (exact) mass is 471 g/mol. The Bertz CT molecular complexity index is 1030. The number of nitrogens with one attached hydrogen (secondary N) is 2. The standard InChI is InChI=1S/C20H23Cl2N3O4S/c1-3-4-11-23-20(27)15-7-5-6-8-17(15)24-19(26)13-25(30(2,28)29)18-10-9-14(21)12-16(18)22/h5-10,12H,3-4,11,13H2,1-2H3,(H,23,27)(H,24,26). The van der Waals surface area contributed by atoms with Gasteiger partial charge in [-0.2, -0.15) is 0 Å². The number of benzene rings is 2. The van der Waals surface area contributed by atoms with E-state index in [9.17, 15) is 18.0 Å². The molecule has 7 nitrogen and oxygen atoms in total. The second-order valence-corrected chi connectivity index (χ2v) is 9.32. The van der Waals surface area contributed by atoms with E-state index in [1.807, 2.05) is 6.92 Å². The fourth-order valence-electron chi connectivity index (χ4n) is 2.65. The summed E-state index contributed by atoms with van der Waals surface area (Å²) in [4.78, 5) is 25.0. The Kier molecular flexibility index (Phi) is 8.52. The number of unbranched alkanes of at least 4 members (excludes halogenated alkanes) is 1. The van der Waals surface area contributed by atoms with Gasteiger partial charge in [-0.05, 0) is 36.8 Å². The highest BCUT2D eigenvalue weighted by atomic mass is 35.5. The Morgan fingerprint density at radius 3 is 2.43 bits per heavy atom. The molecular weight excluding hydrogens is 449 g/mol. The third kappa shape index (κ3) is 6.62. The molecule has 10 heteroatoms. The average molecular weight is 472 g/mol. The van der Waals surface area contributed by atoms with Gasteiger partial charge in [-0.1, -0.05) is 48.7 Å². The maximum atomic E-state index is 12.6. The SMILES string of the molecule is CCCCNC(=O)c1ccccc1NC(=O)CN(c1ccc(Cl)cc1Cl)S(C)(=O)=O. The summed E-state index contributed by atoms with van der Waals surface area (Å²) in [6.45, 7) is 2.02. The predicted molar refractivity (Wildman–Crippen MR) is 121 cm³/mol. The van der Waals surface area contributed by atoms with Crippen LogP contribution in [0, 0.1) is 0 Å². The molecule has 0 saturated heterocycles. The first-order valence-electron chi connectivity index (χ1n) is 9.23. The van der Waals surface area contributed by atoms with E-state index in [4.69, 9.17) is 23.2 Å². The van der Waals surface area contributed by atoms with Gasteiger partial charge in [0.05, 0.1) is 28.2 Å². The molecule has 30 heavy (non-hydrogen) atoms. The summed E-state index contributed by atoms with van der Waals surface area (Å²) in [5.74, 6) is -0.944. The van der Waals surface area contributed by atoms with Crippen LogP contribution in [0.2, 0.25) is 10.0 Å². The van der Waals surface area contributed by atoms with E-state index in [1.165, 1.54) is 18.2 Å². The van der Waals surface area contributed by atoms with Gasteiger partial charge in [0.25, 0.3) is 5.91 Å². The molecule has 0 aromatic heterocycles. The Morgan fingerprint density at radius 2 is 1.80 bits per heavy atom. The molecule has 2 rings (SSSR count). The summed E-state index contributed by atoms with van der Waals surface area (Å²) in [5.41, 5.74) is 0.703. The molecule has 0 heterocycles. The van der Waals surface area contributed by atoms with Crippen molar-refractivity contribution in [2.24, 2.45) is 0 Å². The molecule has 0 aliphatic carbocycles. The minimum Gasteiger partial charge on any atom is -0.352 e. The third-order valence-corrected chi connectivity index (χ3v) is 5.79. The second kappa shape index (κ2) is 10.7. The minimum atomic E-state index is -3.82. The van der Waals surface area contributed by atoms with Crippen molar-refractivity contribution < 1.29 is 18.0 Å². The number of halogens is 2. The summed E-state index contributed by atoms with van der Waals surface area (Å²) in [6.07, 6.45) is 2.75. The topological polar surface area (TPSA) is 95.6 Å². The number of hydrogen-bond donors (Lipinski definition) is 2. The smallest absolute Gasteiger partial charge is 0.253 e. The minimum absolute atomic E-state index is 0.0939. The van der Waals surface area contributed by atoms with Crippen LogP contribution in [0.3, 0.4) is 0 Å². The van der Waals surface area contributed by atoms with Crippen LogP contribution in [0.5, 0.6) is 0 Å². The van der Waals surface area contributed by atoms with Crippen molar-refractivity contribution in [3.05, 3.63) is 58.1 Å². The van der Waals surface area contributed by atoms with Crippen molar-refractivity contribution >= 4 is 56.4 Å². The first kappa shape index (κ1) is 24.0. The first-order chi connectivity index (χ1) is 14.1. The Balaban J connectivity index is 2.22. The Hall–Kier alpha value is -2.29. The molecule has 162 valence electrons. The maximum Gasteiger partial charge on any atom is 0.253 e. The number of nitrogens with zero attached hydrogens (tertiary/aromatic N) is 1. The summed E-state index contributed by atoms with van der Waals surface area (Å²) in [5, 5.41) is 5.83. The molecule has 0 radical (unpaired) electrons. The molecule has 0 saturated carbocycles. The molecule has 0 fully saturated rings. The normalized spacial score (nSPS) is 11.1. The fourth-order valence-corrected chi connectivity index (χ4v) is 4.08. The number of amides is 2. The van der Waals surface area contributed by atoms with Crippen LogP contribution in [-0.4, -0.2) is 39.6 Å². The zero-order valence-electron chi connectivity index (χ0n) is 16.6. The number of carbonyl (C=O) groups is 2. The Labute approximate surface area is 186 Å². The van der Waals surface area contributed by atoms with Gasteiger partial charge in [0.15, 0.2) is 0 Å². The van der Waals surface area contributed by atoms with Gasteiger partial charge in [0.2, 0.25) is 15.9 Å². The van der Waals surface area contributed by atoms with Crippen LogP contribution < -0.4 is 14.9 Å². The van der Waals surface area contributed by atoms with E-state index >= 15 is 0 Å². The number of para-hydroxylation sites is 1. The lowest BCUT2D eigenvalue weighted by atomic mass is 10.1. The van der Waals surface area contributed by atoms with Crippen LogP contribution >= 0.6 is 23.2 Å². The van der Waals surface area contributed by atoms with E-state index in [-0.39, 0.29) is 27.9 Å². The second-order valence-electron chi connectivity index (χ2n) is 6.57. The van der Waals surface area contributed by atoms with E-state index in [1.54, 1.807) is 24.3 Å². The maximum absolute atomic E-state index is 12.6. The lowest BCUT2D eigenvalue weighted by Gasteiger charge is -2.23. The highest BCUT2D eigenvalue weighted by Crippen LogP contribution is 2.30.